The zero-order valence-electron chi connectivity index (χ0n) is 11.7. The van der Waals surface area contributed by atoms with Crippen LogP contribution in [0.25, 0.3) is 10.1 Å². The van der Waals surface area contributed by atoms with Gasteiger partial charge in [-0.15, -0.1) is 11.3 Å². The lowest BCUT2D eigenvalue weighted by atomic mass is 10.2. The fraction of sp³-hybridized carbons (Fsp3) is 0.125. The van der Waals surface area contributed by atoms with E-state index in [0.29, 0.717) is 16.5 Å². The number of carbonyl (C=O) groups is 1. The predicted octanol–water partition coefficient (Wildman–Crippen LogP) is 4.46. The second-order valence-corrected chi connectivity index (χ2v) is 6.18. The quantitative estimate of drug-likeness (QED) is 0.661. The van der Waals surface area contributed by atoms with Crippen molar-refractivity contribution in [3.63, 3.8) is 0 Å². The zero-order valence-corrected chi connectivity index (χ0v) is 13.3. The van der Waals surface area contributed by atoms with E-state index in [1.165, 1.54) is 18.4 Å². The number of rotatable bonds is 4. The van der Waals surface area contributed by atoms with Crippen LogP contribution in [0, 0.1) is 0 Å². The molecular weight excluding hydrogens is 322 g/mol. The molecule has 1 aromatic carbocycles. The number of esters is 1. The van der Waals surface area contributed by atoms with Crippen molar-refractivity contribution in [2.24, 2.45) is 0 Å². The maximum absolute atomic E-state index is 11.4. The monoisotopic (exact) mass is 333 g/mol. The summed E-state index contributed by atoms with van der Waals surface area (Å²) < 4.78 is 11.5. The first-order chi connectivity index (χ1) is 10.7. The molecule has 0 aliphatic rings. The smallest absolute Gasteiger partial charge is 0.310 e. The van der Waals surface area contributed by atoms with E-state index >= 15 is 0 Å². The van der Waals surface area contributed by atoms with E-state index in [0.717, 1.165) is 15.0 Å². The molecule has 0 atom stereocenters. The molecular formula is C16H12ClNO3S. The number of hydrogen-bond acceptors (Lipinski definition) is 5. The van der Waals surface area contributed by atoms with Crippen LogP contribution in [0.3, 0.4) is 0 Å². The van der Waals surface area contributed by atoms with E-state index in [1.807, 2.05) is 6.07 Å². The Hall–Kier alpha value is -2.11. The standard InChI is InChI=1S/C16H12ClNO3S/c1-20-16(19)7-12-6-13-14(8-18-9-15(13)22-12)21-11-4-2-10(17)3-5-11/h2-6,8-9H,7H2,1H3. The van der Waals surface area contributed by atoms with Gasteiger partial charge in [-0.1, -0.05) is 11.6 Å². The molecule has 0 spiro atoms. The van der Waals surface area contributed by atoms with E-state index in [-0.39, 0.29) is 12.4 Å². The van der Waals surface area contributed by atoms with Crippen molar-refractivity contribution in [1.82, 2.24) is 4.98 Å². The summed E-state index contributed by atoms with van der Waals surface area (Å²) in [7, 11) is 1.38. The summed E-state index contributed by atoms with van der Waals surface area (Å²) in [6, 6.07) is 9.05. The minimum absolute atomic E-state index is 0.246. The van der Waals surface area contributed by atoms with Crippen LogP contribution in [-0.4, -0.2) is 18.1 Å². The Labute approximate surface area is 136 Å². The highest BCUT2D eigenvalue weighted by molar-refractivity contribution is 7.19. The lowest BCUT2D eigenvalue weighted by molar-refractivity contribution is -0.139. The van der Waals surface area contributed by atoms with Crippen LogP contribution in [0.1, 0.15) is 4.88 Å². The average Bonchev–Trinajstić information content (AvgIpc) is 2.93. The first-order valence-corrected chi connectivity index (χ1v) is 7.72. The lowest BCUT2D eigenvalue weighted by Gasteiger charge is -2.06. The number of benzene rings is 1. The maximum Gasteiger partial charge on any atom is 0.310 e. The van der Waals surface area contributed by atoms with Crippen LogP contribution >= 0.6 is 22.9 Å². The summed E-state index contributed by atoms with van der Waals surface area (Å²) in [5, 5.41) is 1.58. The largest absolute Gasteiger partial charge is 0.469 e. The van der Waals surface area contributed by atoms with Gasteiger partial charge < -0.3 is 9.47 Å². The van der Waals surface area contributed by atoms with Crippen molar-refractivity contribution in [2.45, 2.75) is 6.42 Å². The van der Waals surface area contributed by atoms with Gasteiger partial charge in [0.1, 0.15) is 5.75 Å². The number of pyridine rings is 1. The molecule has 0 radical (unpaired) electrons. The van der Waals surface area contributed by atoms with Crippen LogP contribution in [-0.2, 0) is 16.0 Å². The fourth-order valence-corrected chi connectivity index (χ4v) is 3.16. The van der Waals surface area contributed by atoms with Crippen molar-refractivity contribution in [3.05, 3.63) is 52.6 Å². The fourth-order valence-electron chi connectivity index (χ4n) is 2.00. The summed E-state index contributed by atoms with van der Waals surface area (Å²) in [5.74, 6) is 1.06. The van der Waals surface area contributed by atoms with Gasteiger partial charge >= 0.3 is 5.97 Å². The van der Waals surface area contributed by atoms with Gasteiger partial charge in [0.25, 0.3) is 0 Å². The summed E-state index contributed by atoms with van der Waals surface area (Å²) in [6.07, 6.45) is 3.66. The number of ether oxygens (including phenoxy) is 2. The molecule has 4 nitrogen and oxygen atoms in total. The second-order valence-electron chi connectivity index (χ2n) is 4.57. The van der Waals surface area contributed by atoms with E-state index in [9.17, 15) is 4.79 Å². The number of nitrogens with zero attached hydrogens (tertiary/aromatic N) is 1. The Bertz CT molecular complexity index is 814. The number of fused-ring (bicyclic) bond motifs is 1. The van der Waals surface area contributed by atoms with Gasteiger partial charge in [-0.2, -0.15) is 0 Å². The van der Waals surface area contributed by atoms with Crippen molar-refractivity contribution >= 4 is 39.0 Å². The summed E-state index contributed by atoms with van der Waals surface area (Å²) in [6.45, 7) is 0. The molecule has 0 saturated heterocycles. The van der Waals surface area contributed by atoms with Crippen LogP contribution in [0.5, 0.6) is 11.5 Å². The Morgan fingerprint density at radius 2 is 2.05 bits per heavy atom. The van der Waals surface area contributed by atoms with Gasteiger partial charge in [-0.05, 0) is 30.3 Å². The van der Waals surface area contributed by atoms with Crippen molar-refractivity contribution in [1.29, 1.82) is 0 Å². The molecule has 6 heteroatoms. The Balaban J connectivity index is 1.92. The topological polar surface area (TPSA) is 48.4 Å². The maximum atomic E-state index is 11.4. The van der Waals surface area contributed by atoms with Gasteiger partial charge in [0.05, 0.1) is 24.4 Å². The van der Waals surface area contributed by atoms with Crippen LogP contribution in [0.4, 0.5) is 0 Å². The summed E-state index contributed by atoms with van der Waals surface area (Å²) in [5.41, 5.74) is 0. The first-order valence-electron chi connectivity index (χ1n) is 6.52. The molecule has 112 valence electrons. The number of halogens is 1. The first kappa shape index (κ1) is 14.8. The van der Waals surface area contributed by atoms with Gasteiger partial charge in [0, 0.05) is 21.5 Å². The highest BCUT2D eigenvalue weighted by Crippen LogP contribution is 2.34. The van der Waals surface area contributed by atoms with E-state index in [2.05, 4.69) is 4.98 Å². The van der Waals surface area contributed by atoms with Gasteiger partial charge in [0.15, 0.2) is 5.75 Å². The molecule has 0 saturated carbocycles. The number of hydrogen-bond donors (Lipinski definition) is 0. The number of thiophene rings is 1. The molecule has 3 rings (SSSR count). The van der Waals surface area contributed by atoms with Gasteiger partial charge in [0.2, 0.25) is 0 Å². The molecule has 0 N–H and O–H groups in total. The highest BCUT2D eigenvalue weighted by atomic mass is 35.5. The number of methoxy groups -OCH3 is 1. The average molecular weight is 334 g/mol. The van der Waals surface area contributed by atoms with Gasteiger partial charge in [-0.25, -0.2) is 0 Å². The minimum Gasteiger partial charge on any atom is -0.469 e. The molecule has 0 aliphatic heterocycles. The van der Waals surface area contributed by atoms with Crippen molar-refractivity contribution in [3.8, 4) is 11.5 Å². The molecule has 0 fully saturated rings. The molecule has 2 heterocycles. The Kier molecular flexibility index (Phi) is 4.27. The number of carbonyl (C=O) groups excluding carboxylic acids is 1. The lowest BCUT2D eigenvalue weighted by Crippen LogP contribution is -2.02. The van der Waals surface area contributed by atoms with Crippen LogP contribution in [0.2, 0.25) is 5.02 Å². The number of aromatic nitrogens is 1. The predicted molar refractivity (Wildman–Crippen MR) is 86.9 cm³/mol. The van der Waals surface area contributed by atoms with Crippen molar-refractivity contribution < 1.29 is 14.3 Å². The molecule has 2 aromatic heterocycles. The molecule has 0 amide bonds. The highest BCUT2D eigenvalue weighted by Gasteiger charge is 2.11. The second kappa shape index (κ2) is 6.34. The molecule has 22 heavy (non-hydrogen) atoms. The minimum atomic E-state index is -0.264. The van der Waals surface area contributed by atoms with Crippen molar-refractivity contribution in [2.75, 3.05) is 7.11 Å². The van der Waals surface area contributed by atoms with Crippen LogP contribution < -0.4 is 4.74 Å². The molecule has 3 aromatic rings. The van der Waals surface area contributed by atoms with E-state index < -0.39 is 0 Å². The normalized spacial score (nSPS) is 10.6. The molecule has 0 unspecified atom stereocenters. The third-order valence-corrected chi connectivity index (χ3v) is 4.37. The Morgan fingerprint density at radius 3 is 2.77 bits per heavy atom. The third kappa shape index (κ3) is 3.21. The van der Waals surface area contributed by atoms with Crippen LogP contribution in [0.15, 0.2) is 42.7 Å². The van der Waals surface area contributed by atoms with E-state index in [4.69, 9.17) is 21.1 Å². The van der Waals surface area contributed by atoms with Gasteiger partial charge in [-0.3, -0.25) is 9.78 Å². The third-order valence-electron chi connectivity index (χ3n) is 3.05. The summed E-state index contributed by atoms with van der Waals surface area (Å²) in [4.78, 5) is 16.5. The Morgan fingerprint density at radius 1 is 1.27 bits per heavy atom. The van der Waals surface area contributed by atoms with E-state index in [1.54, 1.807) is 36.7 Å². The summed E-state index contributed by atoms with van der Waals surface area (Å²) >= 11 is 7.37. The molecule has 0 aliphatic carbocycles. The molecule has 0 bridgehead atoms. The SMILES string of the molecule is COC(=O)Cc1cc2c(Oc3ccc(Cl)cc3)cncc2s1. The zero-order chi connectivity index (χ0) is 15.5.